The Morgan fingerprint density at radius 3 is 2.59 bits per heavy atom. The van der Waals surface area contributed by atoms with Gasteiger partial charge in [-0.15, -0.1) is 0 Å². The lowest BCUT2D eigenvalue weighted by atomic mass is 10.3. The summed E-state index contributed by atoms with van der Waals surface area (Å²) in [6, 6.07) is 5.74. The summed E-state index contributed by atoms with van der Waals surface area (Å²) in [5.74, 6) is -0.104. The maximum Gasteiger partial charge on any atom is 0.332 e. The second-order valence-electron chi connectivity index (χ2n) is 7.70. The number of carbonyl (C=O) groups excluding carboxylic acids is 1. The van der Waals surface area contributed by atoms with Crippen molar-refractivity contribution in [2.75, 3.05) is 31.1 Å². The van der Waals surface area contributed by atoms with Crippen molar-refractivity contribution in [1.29, 1.82) is 0 Å². The van der Waals surface area contributed by atoms with E-state index in [0.29, 0.717) is 31.2 Å². The van der Waals surface area contributed by atoms with Gasteiger partial charge in [0.1, 0.15) is 12.1 Å². The zero-order valence-corrected chi connectivity index (χ0v) is 19.1. The molecule has 0 atom stereocenters. The Kier molecular flexibility index (Phi) is 5.01. The predicted octanol–water partition coefficient (Wildman–Crippen LogP) is 1.05. The third kappa shape index (κ3) is 3.28. The van der Waals surface area contributed by atoms with Crippen LogP contribution in [0.15, 0.2) is 34.1 Å². The van der Waals surface area contributed by atoms with Crippen LogP contribution in [0.4, 0.5) is 5.13 Å². The monoisotopic (exact) mass is 473 g/mol. The van der Waals surface area contributed by atoms with Gasteiger partial charge in [-0.25, -0.2) is 14.8 Å². The van der Waals surface area contributed by atoms with Crippen LogP contribution in [-0.2, 0) is 25.4 Å². The average molecular weight is 474 g/mol. The SMILES string of the molecule is Cn1c(=O)c2c(ncn2CC(=O)N2CCN(c3nc4c(Cl)cccc4s3)CC2)n(C)c1=O. The molecule has 5 rings (SSSR count). The minimum atomic E-state index is -0.465. The van der Waals surface area contributed by atoms with Crippen LogP contribution in [-0.4, -0.2) is 60.7 Å². The van der Waals surface area contributed by atoms with Gasteiger partial charge in [-0.05, 0) is 12.1 Å². The van der Waals surface area contributed by atoms with Crippen molar-refractivity contribution in [3.05, 3.63) is 50.4 Å². The number of halogens is 1. The minimum Gasteiger partial charge on any atom is -0.345 e. The van der Waals surface area contributed by atoms with Gasteiger partial charge in [0, 0.05) is 40.3 Å². The molecule has 1 aliphatic heterocycles. The molecule has 0 saturated carbocycles. The van der Waals surface area contributed by atoms with Gasteiger partial charge in [-0.2, -0.15) is 0 Å². The first kappa shape index (κ1) is 20.7. The number of benzene rings is 1. The Morgan fingerprint density at radius 2 is 1.88 bits per heavy atom. The lowest BCUT2D eigenvalue weighted by molar-refractivity contribution is -0.132. The van der Waals surface area contributed by atoms with Crippen LogP contribution in [0.5, 0.6) is 0 Å². The molecule has 0 aliphatic carbocycles. The number of para-hydroxylation sites is 1. The molecule has 1 fully saturated rings. The number of fused-ring (bicyclic) bond motifs is 2. The zero-order valence-electron chi connectivity index (χ0n) is 17.5. The maximum absolute atomic E-state index is 12.9. The lowest BCUT2D eigenvalue weighted by Gasteiger charge is -2.34. The van der Waals surface area contributed by atoms with E-state index in [1.807, 2.05) is 18.2 Å². The zero-order chi connectivity index (χ0) is 22.6. The number of imidazole rings is 1. The Balaban J connectivity index is 1.31. The van der Waals surface area contributed by atoms with Gasteiger partial charge in [-0.3, -0.25) is 18.7 Å². The first-order chi connectivity index (χ1) is 15.3. The normalized spacial score (nSPS) is 14.6. The smallest absolute Gasteiger partial charge is 0.332 e. The van der Waals surface area contributed by atoms with Gasteiger partial charge in [0.05, 0.1) is 16.0 Å². The summed E-state index contributed by atoms with van der Waals surface area (Å²) in [5, 5.41) is 1.53. The first-order valence-electron chi connectivity index (χ1n) is 10.0. The lowest BCUT2D eigenvalue weighted by Crippen LogP contribution is -2.49. The molecule has 0 N–H and O–H groups in total. The van der Waals surface area contributed by atoms with E-state index in [-0.39, 0.29) is 23.6 Å². The van der Waals surface area contributed by atoms with Crippen molar-refractivity contribution in [1.82, 2.24) is 28.6 Å². The number of hydrogen-bond donors (Lipinski definition) is 0. The number of hydrogen-bond acceptors (Lipinski definition) is 7. The minimum absolute atomic E-state index is 0.0132. The fraction of sp³-hybridized carbons (Fsp3) is 0.350. The highest BCUT2D eigenvalue weighted by molar-refractivity contribution is 7.22. The Bertz CT molecular complexity index is 1480. The Hall–Kier alpha value is -3.18. The number of anilines is 1. The van der Waals surface area contributed by atoms with Gasteiger partial charge >= 0.3 is 5.69 Å². The van der Waals surface area contributed by atoms with Crippen molar-refractivity contribution >= 4 is 55.4 Å². The fourth-order valence-corrected chi connectivity index (χ4v) is 5.27. The van der Waals surface area contributed by atoms with E-state index < -0.39 is 11.2 Å². The number of carbonyl (C=O) groups is 1. The molecule has 3 aromatic heterocycles. The van der Waals surface area contributed by atoms with E-state index in [4.69, 9.17) is 11.6 Å². The Labute approximate surface area is 190 Å². The largest absolute Gasteiger partial charge is 0.345 e. The molecule has 1 saturated heterocycles. The summed E-state index contributed by atoms with van der Waals surface area (Å²) < 4.78 is 4.88. The van der Waals surface area contributed by atoms with Crippen molar-refractivity contribution in [3.63, 3.8) is 0 Å². The van der Waals surface area contributed by atoms with Gasteiger partial charge in [0.2, 0.25) is 5.91 Å². The van der Waals surface area contributed by atoms with Crippen molar-refractivity contribution in [2.24, 2.45) is 14.1 Å². The average Bonchev–Trinajstić information content (AvgIpc) is 3.42. The molecular formula is C20H20ClN7O3S. The molecule has 0 radical (unpaired) electrons. The van der Waals surface area contributed by atoms with Crippen LogP contribution in [0.25, 0.3) is 21.4 Å². The van der Waals surface area contributed by atoms with E-state index in [0.717, 1.165) is 19.9 Å². The maximum atomic E-state index is 12.9. The summed E-state index contributed by atoms with van der Waals surface area (Å²) in [4.78, 5) is 50.4. The number of aryl methyl sites for hydroxylation is 1. The molecule has 1 amide bonds. The van der Waals surface area contributed by atoms with E-state index in [2.05, 4.69) is 14.9 Å². The molecule has 1 aliphatic rings. The fourth-order valence-electron chi connectivity index (χ4n) is 3.95. The van der Waals surface area contributed by atoms with Crippen LogP contribution in [0.1, 0.15) is 0 Å². The van der Waals surface area contributed by atoms with E-state index in [1.54, 1.807) is 23.3 Å². The second-order valence-corrected chi connectivity index (χ2v) is 9.12. The van der Waals surface area contributed by atoms with Gasteiger partial charge in [0.25, 0.3) is 5.56 Å². The standard InChI is InChI=1S/C20H20ClN7O3S/c1-24-17-16(18(30)25(2)20(24)31)28(11-22-17)10-14(29)26-6-8-27(9-7-26)19-23-15-12(21)4-3-5-13(15)32-19/h3-5,11H,6-10H2,1-2H3. The molecule has 4 heterocycles. The summed E-state index contributed by atoms with van der Waals surface area (Å²) in [6.07, 6.45) is 1.44. The molecule has 10 nitrogen and oxygen atoms in total. The molecule has 0 bridgehead atoms. The molecule has 0 spiro atoms. The van der Waals surface area contributed by atoms with Crippen LogP contribution < -0.4 is 16.1 Å². The summed E-state index contributed by atoms with van der Waals surface area (Å²) in [6.45, 7) is 2.40. The summed E-state index contributed by atoms with van der Waals surface area (Å²) in [7, 11) is 2.97. The van der Waals surface area contributed by atoms with E-state index in [1.165, 1.54) is 22.5 Å². The molecular weight excluding hydrogens is 454 g/mol. The van der Waals surface area contributed by atoms with Crippen LogP contribution in [0, 0.1) is 0 Å². The number of amides is 1. The summed E-state index contributed by atoms with van der Waals surface area (Å²) in [5.41, 5.74) is 0.396. The van der Waals surface area contributed by atoms with E-state index >= 15 is 0 Å². The van der Waals surface area contributed by atoms with E-state index in [9.17, 15) is 14.4 Å². The molecule has 0 unspecified atom stereocenters. The highest BCUT2D eigenvalue weighted by Gasteiger charge is 2.25. The van der Waals surface area contributed by atoms with Crippen molar-refractivity contribution < 1.29 is 4.79 Å². The molecule has 166 valence electrons. The van der Waals surface area contributed by atoms with Crippen molar-refractivity contribution in [3.8, 4) is 0 Å². The van der Waals surface area contributed by atoms with Crippen LogP contribution >= 0.6 is 22.9 Å². The highest BCUT2D eigenvalue weighted by Crippen LogP contribution is 2.33. The van der Waals surface area contributed by atoms with Gasteiger partial charge in [0.15, 0.2) is 16.3 Å². The number of nitrogens with zero attached hydrogens (tertiary/aromatic N) is 7. The number of thiazole rings is 1. The van der Waals surface area contributed by atoms with Gasteiger partial charge < -0.3 is 14.4 Å². The van der Waals surface area contributed by atoms with Crippen molar-refractivity contribution in [2.45, 2.75) is 6.54 Å². The highest BCUT2D eigenvalue weighted by atomic mass is 35.5. The topological polar surface area (TPSA) is 98.3 Å². The quantitative estimate of drug-likeness (QED) is 0.441. The number of aromatic nitrogens is 5. The van der Waals surface area contributed by atoms with Crippen LogP contribution in [0.3, 0.4) is 0 Å². The predicted molar refractivity (Wildman–Crippen MR) is 124 cm³/mol. The van der Waals surface area contributed by atoms with Crippen LogP contribution in [0.2, 0.25) is 5.02 Å². The molecule has 12 heteroatoms. The first-order valence-corrected chi connectivity index (χ1v) is 11.2. The third-order valence-corrected chi connectivity index (χ3v) is 7.17. The second kappa shape index (κ2) is 7.75. The van der Waals surface area contributed by atoms with Gasteiger partial charge in [-0.1, -0.05) is 29.0 Å². The number of piperazine rings is 1. The molecule has 1 aromatic carbocycles. The molecule has 32 heavy (non-hydrogen) atoms. The summed E-state index contributed by atoms with van der Waals surface area (Å²) >= 11 is 7.83. The molecule has 4 aromatic rings. The third-order valence-electron chi connectivity index (χ3n) is 5.78. The Morgan fingerprint density at radius 1 is 1.12 bits per heavy atom. The number of rotatable bonds is 3.